The van der Waals surface area contributed by atoms with E-state index in [1.54, 1.807) is 25.3 Å². The zero-order chi connectivity index (χ0) is 15.1. The van der Waals surface area contributed by atoms with Gasteiger partial charge in [0.15, 0.2) is 0 Å². The number of thioether (sulfide) groups is 1. The average Bonchev–Trinajstić information content (AvgIpc) is 2.74. The molecule has 0 aliphatic carbocycles. The second-order valence-electron chi connectivity index (χ2n) is 5.09. The van der Waals surface area contributed by atoms with Gasteiger partial charge in [0, 0.05) is 17.5 Å². The van der Waals surface area contributed by atoms with E-state index < -0.39 is 18.0 Å². The van der Waals surface area contributed by atoms with Crippen LogP contribution in [-0.2, 0) is 9.59 Å². The van der Waals surface area contributed by atoms with Crippen molar-refractivity contribution in [3.63, 3.8) is 0 Å². The molecule has 3 heterocycles. The summed E-state index contributed by atoms with van der Waals surface area (Å²) in [7, 11) is 0. The summed E-state index contributed by atoms with van der Waals surface area (Å²) in [6, 6.07) is 5.14. The van der Waals surface area contributed by atoms with Crippen LogP contribution in [0.4, 0.5) is 0 Å². The molecule has 0 spiro atoms. The van der Waals surface area contributed by atoms with Crippen molar-refractivity contribution < 1.29 is 19.8 Å². The van der Waals surface area contributed by atoms with Crippen LogP contribution in [0.25, 0.3) is 0 Å². The van der Waals surface area contributed by atoms with Crippen LogP contribution in [0.2, 0.25) is 0 Å². The maximum Gasteiger partial charge on any atom is 0.353 e. The van der Waals surface area contributed by atoms with Crippen LogP contribution < -0.4 is 0 Å². The van der Waals surface area contributed by atoms with Crippen LogP contribution in [0, 0.1) is 5.92 Å². The van der Waals surface area contributed by atoms with Gasteiger partial charge in [0.05, 0.1) is 18.1 Å². The molecule has 110 valence electrons. The van der Waals surface area contributed by atoms with Gasteiger partial charge in [-0.05, 0) is 19.1 Å². The predicted octanol–water partition coefficient (Wildman–Crippen LogP) is 1.08. The second kappa shape index (κ2) is 5.16. The highest BCUT2D eigenvalue weighted by molar-refractivity contribution is 8.03. The lowest BCUT2D eigenvalue weighted by Gasteiger charge is -2.44. The molecule has 0 saturated carbocycles. The number of aliphatic carboxylic acids is 1. The number of carbonyl (C=O) groups excluding carboxylic acids is 1. The van der Waals surface area contributed by atoms with E-state index in [0.717, 1.165) is 0 Å². The third-order valence-corrected chi connectivity index (χ3v) is 4.81. The number of rotatable bonds is 4. The number of amides is 1. The minimum atomic E-state index is -1.12. The zero-order valence-electron chi connectivity index (χ0n) is 11.3. The molecule has 2 aliphatic rings. The highest BCUT2D eigenvalue weighted by atomic mass is 32.2. The molecule has 21 heavy (non-hydrogen) atoms. The normalized spacial score (nSPS) is 25.6. The minimum absolute atomic E-state index is 0.0255. The Morgan fingerprint density at radius 3 is 2.86 bits per heavy atom. The molecule has 1 fully saturated rings. The Morgan fingerprint density at radius 1 is 1.52 bits per heavy atom. The molecule has 3 unspecified atom stereocenters. The van der Waals surface area contributed by atoms with E-state index in [1.165, 1.54) is 16.7 Å². The summed E-state index contributed by atoms with van der Waals surface area (Å²) in [6.45, 7) is 1.56. The lowest BCUT2D eigenvalue weighted by atomic mass is 9.83. The summed E-state index contributed by atoms with van der Waals surface area (Å²) < 4.78 is 0. The van der Waals surface area contributed by atoms with Crippen molar-refractivity contribution in [2.45, 2.75) is 30.5 Å². The average molecular weight is 306 g/mol. The second-order valence-corrected chi connectivity index (χ2v) is 6.21. The van der Waals surface area contributed by atoms with Crippen LogP contribution in [0.15, 0.2) is 40.0 Å². The maximum absolute atomic E-state index is 12.0. The standard InChI is InChI=1S/C14H14N2O4S/c1-7(17)11-8-6-9(21-10-4-2-3-5-15-10)12(14(19)20)16(8)13(11)18/h2-5,7-8,11,17H,6H2,1H3,(H,19,20). The Bertz CT molecular complexity index is 629. The molecule has 1 aromatic heterocycles. The lowest BCUT2D eigenvalue weighted by Crippen LogP contribution is -2.61. The van der Waals surface area contributed by atoms with Gasteiger partial charge in [-0.1, -0.05) is 17.8 Å². The van der Waals surface area contributed by atoms with Crippen molar-refractivity contribution in [1.29, 1.82) is 0 Å². The Labute approximate surface area is 125 Å². The summed E-state index contributed by atoms with van der Waals surface area (Å²) >= 11 is 1.26. The Morgan fingerprint density at radius 2 is 2.29 bits per heavy atom. The topological polar surface area (TPSA) is 90.7 Å². The van der Waals surface area contributed by atoms with Gasteiger partial charge in [0.25, 0.3) is 0 Å². The molecule has 3 atom stereocenters. The number of pyridine rings is 1. The zero-order valence-corrected chi connectivity index (χ0v) is 12.1. The van der Waals surface area contributed by atoms with Gasteiger partial charge in [-0.3, -0.25) is 4.79 Å². The number of carboxylic acid groups (broad SMARTS) is 1. The number of carboxylic acids is 1. The molecule has 0 aromatic carbocycles. The fourth-order valence-corrected chi connectivity index (χ4v) is 3.91. The third-order valence-electron chi connectivity index (χ3n) is 3.76. The number of aromatic nitrogens is 1. The third kappa shape index (κ3) is 2.22. The summed E-state index contributed by atoms with van der Waals surface area (Å²) in [6.07, 6.45) is 1.31. The van der Waals surface area contributed by atoms with Crippen molar-refractivity contribution in [3.05, 3.63) is 35.0 Å². The Kier molecular flexibility index (Phi) is 3.46. The smallest absolute Gasteiger partial charge is 0.353 e. The summed E-state index contributed by atoms with van der Waals surface area (Å²) in [5.74, 6) is -1.95. The number of aliphatic hydroxyl groups is 1. The summed E-state index contributed by atoms with van der Waals surface area (Å²) in [5, 5.41) is 19.7. The van der Waals surface area contributed by atoms with E-state index in [9.17, 15) is 19.8 Å². The number of nitrogens with zero attached hydrogens (tertiary/aromatic N) is 2. The first-order chi connectivity index (χ1) is 10.0. The fourth-order valence-electron chi connectivity index (χ4n) is 2.86. The van der Waals surface area contributed by atoms with Gasteiger partial charge in [-0.25, -0.2) is 9.78 Å². The van der Waals surface area contributed by atoms with Crippen LogP contribution in [-0.4, -0.2) is 44.1 Å². The number of hydrogen-bond donors (Lipinski definition) is 2. The summed E-state index contributed by atoms with van der Waals surface area (Å²) in [4.78, 5) is 29.6. The van der Waals surface area contributed by atoms with Crippen molar-refractivity contribution in [1.82, 2.24) is 9.88 Å². The van der Waals surface area contributed by atoms with E-state index in [0.29, 0.717) is 16.4 Å². The van der Waals surface area contributed by atoms with Crippen LogP contribution in [0.1, 0.15) is 13.3 Å². The number of aliphatic hydroxyl groups excluding tert-OH is 1. The first-order valence-electron chi connectivity index (χ1n) is 6.57. The van der Waals surface area contributed by atoms with Gasteiger partial charge in [0.2, 0.25) is 5.91 Å². The van der Waals surface area contributed by atoms with E-state index in [2.05, 4.69) is 4.98 Å². The van der Waals surface area contributed by atoms with Crippen molar-refractivity contribution in [3.8, 4) is 0 Å². The van der Waals surface area contributed by atoms with Crippen molar-refractivity contribution in [2.24, 2.45) is 5.92 Å². The van der Waals surface area contributed by atoms with Gasteiger partial charge >= 0.3 is 5.97 Å². The quantitative estimate of drug-likeness (QED) is 0.809. The maximum atomic E-state index is 12.0. The highest BCUT2D eigenvalue weighted by Gasteiger charge is 2.56. The van der Waals surface area contributed by atoms with Gasteiger partial charge < -0.3 is 15.1 Å². The number of β-lactam (4-membered cyclic amide) rings is 1. The van der Waals surface area contributed by atoms with E-state index in [-0.39, 0.29) is 17.6 Å². The first-order valence-corrected chi connectivity index (χ1v) is 7.39. The van der Waals surface area contributed by atoms with Gasteiger partial charge in [0.1, 0.15) is 10.7 Å². The molecule has 0 bridgehead atoms. The molecule has 1 amide bonds. The summed E-state index contributed by atoms with van der Waals surface area (Å²) in [5.41, 5.74) is 0.0255. The number of carbonyl (C=O) groups is 2. The highest BCUT2D eigenvalue weighted by Crippen LogP contribution is 2.48. The molecule has 7 heteroatoms. The minimum Gasteiger partial charge on any atom is -0.477 e. The molecule has 2 N–H and O–H groups in total. The van der Waals surface area contributed by atoms with Crippen molar-refractivity contribution >= 4 is 23.6 Å². The molecular weight excluding hydrogens is 292 g/mol. The van der Waals surface area contributed by atoms with Crippen LogP contribution in [0.3, 0.4) is 0 Å². The van der Waals surface area contributed by atoms with Crippen LogP contribution >= 0.6 is 11.8 Å². The molecule has 6 nitrogen and oxygen atoms in total. The fraction of sp³-hybridized carbons (Fsp3) is 0.357. The Hall–Kier alpha value is -1.86. The number of hydrogen-bond acceptors (Lipinski definition) is 5. The largest absolute Gasteiger partial charge is 0.477 e. The van der Waals surface area contributed by atoms with Crippen molar-refractivity contribution in [2.75, 3.05) is 0 Å². The molecule has 1 aromatic rings. The predicted molar refractivity (Wildman–Crippen MR) is 75.2 cm³/mol. The van der Waals surface area contributed by atoms with Crippen LogP contribution in [0.5, 0.6) is 0 Å². The molecule has 2 aliphatic heterocycles. The molecule has 3 rings (SSSR count). The van der Waals surface area contributed by atoms with Gasteiger partial charge in [-0.15, -0.1) is 0 Å². The molecular formula is C14H14N2O4S. The molecule has 1 saturated heterocycles. The monoisotopic (exact) mass is 306 g/mol. The van der Waals surface area contributed by atoms with E-state index in [4.69, 9.17) is 0 Å². The molecule has 0 radical (unpaired) electrons. The number of fused-ring (bicyclic) bond motifs is 1. The lowest BCUT2D eigenvalue weighted by molar-refractivity contribution is -0.161. The first kappa shape index (κ1) is 14.1. The SMILES string of the molecule is CC(O)C1C(=O)N2C(C(=O)O)=C(Sc3ccccn3)CC12. The van der Waals surface area contributed by atoms with E-state index >= 15 is 0 Å². The Balaban J connectivity index is 1.89. The van der Waals surface area contributed by atoms with E-state index in [1.807, 2.05) is 6.07 Å². The van der Waals surface area contributed by atoms with Gasteiger partial charge in [-0.2, -0.15) is 0 Å².